The molecule has 0 bridgehead atoms. The molecule has 0 aliphatic heterocycles. The van der Waals surface area contributed by atoms with Crippen LogP contribution in [0.3, 0.4) is 0 Å². The van der Waals surface area contributed by atoms with Crippen LogP contribution in [0, 0.1) is 0 Å². The van der Waals surface area contributed by atoms with Crippen molar-refractivity contribution in [1.29, 1.82) is 0 Å². The Morgan fingerprint density at radius 3 is 2.84 bits per heavy atom. The van der Waals surface area contributed by atoms with Gasteiger partial charge in [-0.2, -0.15) is 0 Å². The molecule has 132 valence electrons. The number of benzene rings is 1. The first-order valence-corrected chi connectivity index (χ1v) is 8.08. The molecule has 6 nitrogen and oxygen atoms in total. The molecule has 0 saturated heterocycles. The summed E-state index contributed by atoms with van der Waals surface area (Å²) in [6.45, 7) is 2.52. The summed E-state index contributed by atoms with van der Waals surface area (Å²) >= 11 is 0. The summed E-state index contributed by atoms with van der Waals surface area (Å²) in [7, 11) is 0. The molecule has 1 heterocycles. The third-order valence-corrected chi connectivity index (χ3v) is 3.33. The van der Waals surface area contributed by atoms with Crippen molar-refractivity contribution in [3.8, 4) is 5.75 Å². The van der Waals surface area contributed by atoms with E-state index >= 15 is 0 Å². The van der Waals surface area contributed by atoms with Gasteiger partial charge in [-0.15, -0.1) is 0 Å². The molecule has 0 aliphatic carbocycles. The molecule has 0 aliphatic rings. The lowest BCUT2D eigenvalue weighted by atomic mass is 10.1. The topological polar surface area (TPSA) is 88.8 Å². The van der Waals surface area contributed by atoms with E-state index in [0.29, 0.717) is 30.2 Å². The SMILES string of the molecule is CCCOc1ccc(CCC(=O)O)cc1NC(=O)/C=C/c1ccco1. The molecule has 1 amide bonds. The fraction of sp³-hybridized carbons (Fsp3) is 0.263. The molecule has 1 aromatic carbocycles. The minimum absolute atomic E-state index is 0.0287. The fourth-order valence-electron chi connectivity index (χ4n) is 2.14. The first-order valence-electron chi connectivity index (χ1n) is 8.08. The second-order valence-electron chi connectivity index (χ2n) is 5.41. The Labute approximate surface area is 146 Å². The van der Waals surface area contributed by atoms with Crippen LogP contribution in [0.25, 0.3) is 6.08 Å². The minimum Gasteiger partial charge on any atom is -0.491 e. The highest BCUT2D eigenvalue weighted by Crippen LogP contribution is 2.27. The van der Waals surface area contributed by atoms with Gasteiger partial charge in [0.15, 0.2) is 0 Å². The molecule has 0 saturated carbocycles. The molecular weight excluding hydrogens is 322 g/mol. The number of carboxylic acid groups (broad SMARTS) is 1. The monoisotopic (exact) mass is 343 g/mol. The van der Waals surface area contributed by atoms with Crippen LogP contribution in [0.2, 0.25) is 0 Å². The number of furan rings is 1. The number of nitrogens with one attached hydrogen (secondary N) is 1. The predicted octanol–water partition coefficient (Wildman–Crippen LogP) is 3.74. The van der Waals surface area contributed by atoms with E-state index < -0.39 is 5.97 Å². The van der Waals surface area contributed by atoms with Crippen molar-refractivity contribution >= 4 is 23.6 Å². The quantitative estimate of drug-likeness (QED) is 0.677. The number of hydrogen-bond donors (Lipinski definition) is 2. The third-order valence-electron chi connectivity index (χ3n) is 3.33. The number of amides is 1. The normalized spacial score (nSPS) is 10.8. The van der Waals surface area contributed by atoms with E-state index in [1.54, 1.807) is 30.3 Å². The maximum absolute atomic E-state index is 12.1. The van der Waals surface area contributed by atoms with E-state index in [4.69, 9.17) is 14.3 Å². The van der Waals surface area contributed by atoms with E-state index in [1.807, 2.05) is 13.0 Å². The molecular formula is C19H21NO5. The van der Waals surface area contributed by atoms with E-state index in [0.717, 1.165) is 12.0 Å². The molecule has 2 aromatic rings. The highest BCUT2D eigenvalue weighted by Gasteiger charge is 2.09. The number of carbonyl (C=O) groups is 2. The number of ether oxygens (including phenoxy) is 1. The predicted molar refractivity (Wildman–Crippen MR) is 94.6 cm³/mol. The van der Waals surface area contributed by atoms with Crippen molar-refractivity contribution in [2.75, 3.05) is 11.9 Å². The number of rotatable bonds is 9. The van der Waals surface area contributed by atoms with Crippen molar-refractivity contribution < 1.29 is 23.8 Å². The van der Waals surface area contributed by atoms with Crippen LogP contribution >= 0.6 is 0 Å². The molecule has 0 atom stereocenters. The zero-order valence-corrected chi connectivity index (χ0v) is 14.0. The average molecular weight is 343 g/mol. The molecule has 6 heteroatoms. The van der Waals surface area contributed by atoms with E-state index in [2.05, 4.69) is 5.32 Å². The lowest BCUT2D eigenvalue weighted by Gasteiger charge is -2.13. The molecule has 0 unspecified atom stereocenters. The van der Waals surface area contributed by atoms with Gasteiger partial charge < -0.3 is 19.6 Å². The molecule has 0 spiro atoms. The number of aliphatic carboxylic acids is 1. The van der Waals surface area contributed by atoms with E-state index in [1.165, 1.54) is 12.3 Å². The lowest BCUT2D eigenvalue weighted by molar-refractivity contribution is -0.137. The summed E-state index contributed by atoms with van der Waals surface area (Å²) < 4.78 is 10.8. The molecule has 0 fully saturated rings. The van der Waals surface area contributed by atoms with Crippen LogP contribution in [0.4, 0.5) is 5.69 Å². The Kier molecular flexibility index (Phi) is 6.83. The van der Waals surface area contributed by atoms with E-state index in [9.17, 15) is 9.59 Å². The average Bonchev–Trinajstić information content (AvgIpc) is 3.11. The first-order chi connectivity index (χ1) is 12.1. The van der Waals surface area contributed by atoms with Gasteiger partial charge in [0, 0.05) is 12.5 Å². The Hall–Kier alpha value is -3.02. The van der Waals surface area contributed by atoms with Gasteiger partial charge in [-0.1, -0.05) is 13.0 Å². The molecule has 1 aromatic heterocycles. The standard InChI is InChI=1S/C19H21NO5/c1-2-11-25-17-8-5-14(6-10-19(22)23)13-16(17)20-18(21)9-7-15-4-3-12-24-15/h3-5,7-9,12-13H,2,6,10-11H2,1H3,(H,20,21)(H,22,23)/b9-7+. The van der Waals surface area contributed by atoms with Gasteiger partial charge in [-0.25, -0.2) is 0 Å². The van der Waals surface area contributed by atoms with Crippen LogP contribution in [0.5, 0.6) is 5.75 Å². The highest BCUT2D eigenvalue weighted by molar-refractivity contribution is 6.02. The maximum Gasteiger partial charge on any atom is 0.303 e. The minimum atomic E-state index is -0.863. The number of carboxylic acids is 1. The summed E-state index contributed by atoms with van der Waals surface area (Å²) in [5.41, 5.74) is 1.34. The summed E-state index contributed by atoms with van der Waals surface area (Å²) in [6, 6.07) is 8.78. The molecule has 2 N–H and O–H groups in total. The summed E-state index contributed by atoms with van der Waals surface area (Å²) in [5, 5.41) is 11.6. The zero-order chi connectivity index (χ0) is 18.1. The van der Waals surface area contributed by atoms with Crippen LogP contribution < -0.4 is 10.1 Å². The van der Waals surface area contributed by atoms with Crippen molar-refractivity contribution in [1.82, 2.24) is 0 Å². The van der Waals surface area contributed by atoms with Gasteiger partial charge in [0.1, 0.15) is 11.5 Å². The maximum atomic E-state index is 12.1. The zero-order valence-electron chi connectivity index (χ0n) is 14.0. The van der Waals surface area contributed by atoms with Crippen LogP contribution in [-0.2, 0) is 16.0 Å². The Morgan fingerprint density at radius 2 is 2.16 bits per heavy atom. The first kappa shape index (κ1) is 18.3. The van der Waals surface area contributed by atoms with Gasteiger partial charge in [-0.3, -0.25) is 9.59 Å². The molecule has 25 heavy (non-hydrogen) atoms. The van der Waals surface area contributed by atoms with Crippen molar-refractivity contribution in [3.63, 3.8) is 0 Å². The number of hydrogen-bond acceptors (Lipinski definition) is 4. The van der Waals surface area contributed by atoms with Crippen LogP contribution in [0.1, 0.15) is 31.1 Å². The third kappa shape index (κ3) is 6.18. The highest BCUT2D eigenvalue weighted by atomic mass is 16.5. The van der Waals surface area contributed by atoms with Crippen molar-refractivity contribution in [3.05, 3.63) is 54.0 Å². The Bertz CT molecular complexity index is 734. The summed E-state index contributed by atoms with van der Waals surface area (Å²) in [6.07, 6.45) is 5.71. The Morgan fingerprint density at radius 1 is 1.32 bits per heavy atom. The number of anilines is 1. The van der Waals surface area contributed by atoms with Crippen molar-refractivity contribution in [2.45, 2.75) is 26.2 Å². The fourth-order valence-corrected chi connectivity index (χ4v) is 2.14. The Balaban J connectivity index is 2.11. The largest absolute Gasteiger partial charge is 0.491 e. The van der Waals surface area contributed by atoms with Gasteiger partial charge in [0.25, 0.3) is 0 Å². The van der Waals surface area contributed by atoms with Gasteiger partial charge >= 0.3 is 5.97 Å². The molecule has 2 rings (SSSR count). The van der Waals surface area contributed by atoms with E-state index in [-0.39, 0.29) is 12.3 Å². The summed E-state index contributed by atoms with van der Waals surface area (Å²) in [4.78, 5) is 22.9. The second-order valence-corrected chi connectivity index (χ2v) is 5.41. The van der Waals surface area contributed by atoms with Gasteiger partial charge in [0.05, 0.1) is 18.6 Å². The summed E-state index contributed by atoms with van der Waals surface area (Å²) in [5.74, 6) is -0.0556. The van der Waals surface area contributed by atoms with Crippen LogP contribution in [0.15, 0.2) is 47.1 Å². The van der Waals surface area contributed by atoms with Crippen molar-refractivity contribution in [2.24, 2.45) is 0 Å². The number of carbonyl (C=O) groups excluding carboxylic acids is 1. The smallest absolute Gasteiger partial charge is 0.303 e. The van der Waals surface area contributed by atoms with Crippen LogP contribution in [-0.4, -0.2) is 23.6 Å². The second kappa shape index (κ2) is 9.32. The van der Waals surface area contributed by atoms with Gasteiger partial charge in [-0.05, 0) is 48.7 Å². The molecule has 0 radical (unpaired) electrons. The lowest BCUT2D eigenvalue weighted by Crippen LogP contribution is -2.10. The number of aryl methyl sites for hydroxylation is 1. The van der Waals surface area contributed by atoms with Gasteiger partial charge in [0.2, 0.25) is 5.91 Å².